The van der Waals surface area contributed by atoms with E-state index in [1.807, 2.05) is 25.1 Å². The maximum atomic E-state index is 12.6. The predicted molar refractivity (Wildman–Crippen MR) is 114 cm³/mol. The molecule has 0 radical (unpaired) electrons. The minimum absolute atomic E-state index is 0.160. The van der Waals surface area contributed by atoms with Gasteiger partial charge in [0.05, 0.1) is 11.5 Å². The van der Waals surface area contributed by atoms with Crippen LogP contribution in [0.5, 0.6) is 0 Å². The molecule has 6 nitrogen and oxygen atoms in total. The molecule has 0 unspecified atom stereocenters. The summed E-state index contributed by atoms with van der Waals surface area (Å²) in [4.78, 5) is 12.7. The summed E-state index contributed by atoms with van der Waals surface area (Å²) in [5.41, 5.74) is 3.19. The standard InChI is InChI=1S/C22H22N2O4S/c1-16-9-11-21(12-10-16)29(26,27)24-20-8-4-6-18(14-20)22(25)23-19-7-3-5-17(13-19)15-28-2/h3-14,24H,15H2,1-2H3,(H,23,25). The van der Waals surface area contributed by atoms with Crippen molar-refractivity contribution in [3.8, 4) is 0 Å². The van der Waals surface area contributed by atoms with Gasteiger partial charge in [-0.25, -0.2) is 8.42 Å². The van der Waals surface area contributed by atoms with Crippen molar-refractivity contribution in [3.63, 3.8) is 0 Å². The van der Waals surface area contributed by atoms with Crippen LogP contribution in [0, 0.1) is 6.92 Å². The number of hydrogen-bond acceptors (Lipinski definition) is 4. The highest BCUT2D eigenvalue weighted by atomic mass is 32.2. The van der Waals surface area contributed by atoms with Crippen LogP contribution in [0.4, 0.5) is 11.4 Å². The fourth-order valence-corrected chi connectivity index (χ4v) is 3.81. The molecule has 2 N–H and O–H groups in total. The molecule has 0 saturated heterocycles. The number of aryl methyl sites for hydroxylation is 1. The average molecular weight is 410 g/mol. The number of carbonyl (C=O) groups excluding carboxylic acids is 1. The highest BCUT2D eigenvalue weighted by molar-refractivity contribution is 7.92. The van der Waals surface area contributed by atoms with Crippen molar-refractivity contribution in [2.24, 2.45) is 0 Å². The minimum atomic E-state index is -3.74. The van der Waals surface area contributed by atoms with E-state index in [4.69, 9.17) is 4.74 Å². The van der Waals surface area contributed by atoms with Crippen LogP contribution in [0.15, 0.2) is 77.7 Å². The zero-order valence-corrected chi connectivity index (χ0v) is 17.0. The monoisotopic (exact) mass is 410 g/mol. The van der Waals surface area contributed by atoms with E-state index < -0.39 is 10.0 Å². The third kappa shape index (κ3) is 5.43. The van der Waals surface area contributed by atoms with Gasteiger partial charge in [-0.05, 0) is 55.0 Å². The predicted octanol–water partition coefficient (Wildman–Crippen LogP) is 4.19. The van der Waals surface area contributed by atoms with E-state index in [0.29, 0.717) is 23.5 Å². The van der Waals surface area contributed by atoms with Gasteiger partial charge in [-0.3, -0.25) is 9.52 Å². The van der Waals surface area contributed by atoms with Crippen molar-refractivity contribution in [2.45, 2.75) is 18.4 Å². The second kappa shape index (κ2) is 8.89. The molecule has 0 bridgehead atoms. The Morgan fingerprint density at radius 3 is 2.34 bits per heavy atom. The lowest BCUT2D eigenvalue weighted by Gasteiger charge is -2.11. The molecule has 0 aromatic heterocycles. The van der Waals surface area contributed by atoms with Gasteiger partial charge >= 0.3 is 0 Å². The lowest BCUT2D eigenvalue weighted by atomic mass is 10.1. The number of methoxy groups -OCH3 is 1. The molecule has 0 fully saturated rings. The van der Waals surface area contributed by atoms with Crippen LogP contribution >= 0.6 is 0 Å². The van der Waals surface area contributed by atoms with Gasteiger partial charge in [-0.15, -0.1) is 0 Å². The van der Waals surface area contributed by atoms with Crippen molar-refractivity contribution in [2.75, 3.05) is 17.1 Å². The number of ether oxygens (including phenoxy) is 1. The summed E-state index contributed by atoms with van der Waals surface area (Å²) in [6.45, 7) is 2.33. The van der Waals surface area contributed by atoms with E-state index in [2.05, 4.69) is 10.0 Å². The number of anilines is 2. The zero-order valence-electron chi connectivity index (χ0n) is 16.2. The number of nitrogens with one attached hydrogen (secondary N) is 2. The molecular weight excluding hydrogens is 388 g/mol. The first-order valence-electron chi connectivity index (χ1n) is 8.96. The molecular formula is C22H22N2O4S. The molecule has 0 aliphatic heterocycles. The third-order valence-electron chi connectivity index (χ3n) is 4.20. The van der Waals surface area contributed by atoms with Crippen molar-refractivity contribution >= 4 is 27.3 Å². The number of benzene rings is 3. The molecule has 3 aromatic carbocycles. The lowest BCUT2D eigenvalue weighted by Crippen LogP contribution is -2.15. The summed E-state index contributed by atoms with van der Waals surface area (Å²) >= 11 is 0. The Morgan fingerprint density at radius 1 is 0.931 bits per heavy atom. The molecule has 3 rings (SSSR count). The first kappa shape index (κ1) is 20.6. The van der Waals surface area contributed by atoms with E-state index in [-0.39, 0.29) is 10.8 Å². The first-order valence-corrected chi connectivity index (χ1v) is 10.4. The topological polar surface area (TPSA) is 84.5 Å². The number of hydrogen-bond donors (Lipinski definition) is 2. The normalized spacial score (nSPS) is 11.1. The van der Waals surface area contributed by atoms with Gasteiger partial charge < -0.3 is 10.1 Å². The van der Waals surface area contributed by atoms with E-state index in [1.165, 1.54) is 6.07 Å². The Kier molecular flexibility index (Phi) is 6.31. The molecule has 0 aliphatic carbocycles. The summed E-state index contributed by atoms with van der Waals surface area (Å²) in [5, 5.41) is 2.81. The van der Waals surface area contributed by atoms with Crippen LogP contribution in [-0.2, 0) is 21.4 Å². The van der Waals surface area contributed by atoms with Crippen molar-refractivity contribution in [1.82, 2.24) is 0 Å². The van der Waals surface area contributed by atoms with Gasteiger partial charge in [-0.1, -0.05) is 35.9 Å². The van der Waals surface area contributed by atoms with E-state index >= 15 is 0 Å². The van der Waals surface area contributed by atoms with Gasteiger partial charge in [0.2, 0.25) is 0 Å². The zero-order chi connectivity index (χ0) is 20.9. The molecule has 3 aromatic rings. The van der Waals surface area contributed by atoms with Crippen LogP contribution in [-0.4, -0.2) is 21.4 Å². The average Bonchev–Trinajstić information content (AvgIpc) is 2.69. The van der Waals surface area contributed by atoms with Crippen LogP contribution in [0.1, 0.15) is 21.5 Å². The molecule has 0 aliphatic rings. The SMILES string of the molecule is COCc1cccc(NC(=O)c2cccc(NS(=O)(=O)c3ccc(C)cc3)c2)c1. The van der Waals surface area contributed by atoms with Gasteiger partial charge in [0, 0.05) is 24.0 Å². The van der Waals surface area contributed by atoms with Crippen LogP contribution < -0.4 is 10.0 Å². The van der Waals surface area contributed by atoms with Crippen LogP contribution in [0.3, 0.4) is 0 Å². The maximum absolute atomic E-state index is 12.6. The maximum Gasteiger partial charge on any atom is 0.261 e. The fraction of sp³-hybridized carbons (Fsp3) is 0.136. The fourth-order valence-electron chi connectivity index (χ4n) is 2.76. The van der Waals surface area contributed by atoms with E-state index in [9.17, 15) is 13.2 Å². The van der Waals surface area contributed by atoms with Gasteiger partial charge in [-0.2, -0.15) is 0 Å². The molecule has 150 valence electrons. The summed E-state index contributed by atoms with van der Waals surface area (Å²) < 4.78 is 32.7. The lowest BCUT2D eigenvalue weighted by molar-refractivity contribution is 0.102. The summed E-state index contributed by atoms with van der Waals surface area (Å²) in [5.74, 6) is -0.337. The molecule has 0 atom stereocenters. The third-order valence-corrected chi connectivity index (χ3v) is 5.60. The number of sulfonamides is 1. The van der Waals surface area contributed by atoms with Crippen molar-refractivity contribution in [1.29, 1.82) is 0 Å². The van der Waals surface area contributed by atoms with E-state index in [1.54, 1.807) is 55.6 Å². The Balaban J connectivity index is 1.76. The van der Waals surface area contributed by atoms with Crippen molar-refractivity contribution < 1.29 is 17.9 Å². The number of carbonyl (C=O) groups is 1. The van der Waals surface area contributed by atoms with Gasteiger partial charge in [0.15, 0.2) is 0 Å². The Labute approximate surface area is 170 Å². The van der Waals surface area contributed by atoms with Crippen molar-refractivity contribution in [3.05, 3.63) is 89.5 Å². The van der Waals surface area contributed by atoms with E-state index in [0.717, 1.165) is 11.1 Å². The number of amides is 1. The summed E-state index contributed by atoms with van der Waals surface area (Å²) in [6, 6.07) is 20.2. The Bertz CT molecular complexity index is 1110. The second-order valence-corrected chi connectivity index (χ2v) is 8.27. The smallest absolute Gasteiger partial charge is 0.261 e. The second-order valence-electron chi connectivity index (χ2n) is 6.59. The minimum Gasteiger partial charge on any atom is -0.380 e. The highest BCUT2D eigenvalue weighted by Gasteiger charge is 2.15. The molecule has 0 saturated carbocycles. The van der Waals surface area contributed by atoms with Crippen LogP contribution in [0.25, 0.3) is 0 Å². The highest BCUT2D eigenvalue weighted by Crippen LogP contribution is 2.19. The molecule has 0 heterocycles. The molecule has 7 heteroatoms. The summed E-state index contributed by atoms with van der Waals surface area (Å²) in [7, 11) is -2.13. The Hall–Kier alpha value is -3.16. The largest absolute Gasteiger partial charge is 0.380 e. The van der Waals surface area contributed by atoms with Gasteiger partial charge in [0.1, 0.15) is 0 Å². The first-order chi connectivity index (χ1) is 13.9. The quantitative estimate of drug-likeness (QED) is 0.612. The van der Waals surface area contributed by atoms with Gasteiger partial charge in [0.25, 0.3) is 15.9 Å². The Morgan fingerprint density at radius 2 is 1.62 bits per heavy atom. The molecule has 29 heavy (non-hydrogen) atoms. The molecule has 1 amide bonds. The number of rotatable bonds is 7. The molecule has 0 spiro atoms. The van der Waals surface area contributed by atoms with Crippen LogP contribution in [0.2, 0.25) is 0 Å². The summed E-state index contributed by atoms with van der Waals surface area (Å²) in [6.07, 6.45) is 0.